The highest BCUT2D eigenvalue weighted by molar-refractivity contribution is 7.13. The molecule has 5 heteroatoms. The maximum absolute atomic E-state index is 6.13. The van der Waals surface area contributed by atoms with Crippen LogP contribution in [0.1, 0.15) is 37.2 Å². The van der Waals surface area contributed by atoms with Gasteiger partial charge in [0.1, 0.15) is 5.01 Å². The number of rotatable bonds is 3. The Balaban J connectivity index is 1.71. The summed E-state index contributed by atoms with van der Waals surface area (Å²) in [6, 6.07) is 7.79. The van der Waals surface area contributed by atoms with Crippen LogP contribution >= 0.6 is 34.5 Å². The normalized spacial score (nSPS) is 15.1. The van der Waals surface area contributed by atoms with Crippen molar-refractivity contribution in [3.05, 3.63) is 57.6 Å². The molecule has 2 aromatic heterocycles. The van der Waals surface area contributed by atoms with Crippen molar-refractivity contribution in [2.75, 3.05) is 0 Å². The molecule has 0 N–H and O–H groups in total. The predicted octanol–water partition coefficient (Wildman–Crippen LogP) is 6.84. The van der Waals surface area contributed by atoms with E-state index in [1.54, 1.807) is 11.3 Å². The van der Waals surface area contributed by atoms with Crippen molar-refractivity contribution in [2.45, 2.75) is 31.6 Å². The van der Waals surface area contributed by atoms with Crippen LogP contribution in [-0.4, -0.2) is 9.97 Å². The largest absolute Gasteiger partial charge is 0.264 e. The van der Waals surface area contributed by atoms with Crippen LogP contribution in [0.3, 0.4) is 0 Å². The van der Waals surface area contributed by atoms with E-state index in [1.807, 2.05) is 30.6 Å². The van der Waals surface area contributed by atoms with Gasteiger partial charge in [-0.25, -0.2) is 4.98 Å². The highest BCUT2D eigenvalue weighted by Crippen LogP contribution is 2.40. The Morgan fingerprint density at radius 2 is 1.88 bits per heavy atom. The Morgan fingerprint density at radius 1 is 1.04 bits per heavy atom. The fourth-order valence-corrected chi connectivity index (χ4v) is 4.52. The second kappa shape index (κ2) is 6.83. The first kappa shape index (κ1) is 16.1. The Kier molecular flexibility index (Phi) is 4.57. The summed E-state index contributed by atoms with van der Waals surface area (Å²) in [5.74, 6) is 0.639. The van der Waals surface area contributed by atoms with Crippen molar-refractivity contribution in [2.24, 2.45) is 0 Å². The van der Waals surface area contributed by atoms with Crippen LogP contribution in [0.5, 0.6) is 0 Å². The Bertz CT molecular complexity index is 869. The zero-order valence-corrected chi connectivity index (χ0v) is 15.3. The summed E-state index contributed by atoms with van der Waals surface area (Å²) >= 11 is 13.8. The maximum atomic E-state index is 6.13. The van der Waals surface area contributed by atoms with Gasteiger partial charge in [0.15, 0.2) is 0 Å². The molecule has 122 valence electrons. The van der Waals surface area contributed by atoms with Gasteiger partial charge in [0.2, 0.25) is 0 Å². The summed E-state index contributed by atoms with van der Waals surface area (Å²) in [5.41, 5.74) is 4.46. The topological polar surface area (TPSA) is 25.8 Å². The van der Waals surface area contributed by atoms with Crippen molar-refractivity contribution in [1.82, 2.24) is 9.97 Å². The summed E-state index contributed by atoms with van der Waals surface area (Å²) < 4.78 is 0. The van der Waals surface area contributed by atoms with Gasteiger partial charge in [0.25, 0.3) is 0 Å². The minimum Gasteiger partial charge on any atom is -0.264 e. The van der Waals surface area contributed by atoms with Crippen molar-refractivity contribution >= 4 is 34.5 Å². The first-order chi connectivity index (χ1) is 11.7. The van der Waals surface area contributed by atoms with Crippen molar-refractivity contribution < 1.29 is 0 Å². The van der Waals surface area contributed by atoms with Crippen LogP contribution in [0.15, 0.2) is 42.0 Å². The van der Waals surface area contributed by atoms with Gasteiger partial charge in [0.05, 0.1) is 15.7 Å². The number of aromatic nitrogens is 2. The molecule has 1 aliphatic carbocycles. The summed E-state index contributed by atoms with van der Waals surface area (Å²) in [4.78, 5) is 9.16. The number of hydrogen-bond acceptors (Lipinski definition) is 3. The molecule has 1 aliphatic rings. The molecule has 0 radical (unpaired) electrons. The van der Waals surface area contributed by atoms with E-state index in [0.717, 1.165) is 16.3 Å². The minimum atomic E-state index is 0.553. The van der Waals surface area contributed by atoms with Crippen molar-refractivity contribution in [3.8, 4) is 21.8 Å². The highest BCUT2D eigenvalue weighted by atomic mass is 35.5. The summed E-state index contributed by atoms with van der Waals surface area (Å²) in [6.07, 6.45) is 9.01. The zero-order valence-electron chi connectivity index (χ0n) is 13.0. The second-order valence-corrected chi connectivity index (χ2v) is 7.78. The fraction of sp³-hybridized carbons (Fsp3) is 0.263. The van der Waals surface area contributed by atoms with E-state index in [2.05, 4.69) is 16.4 Å². The van der Waals surface area contributed by atoms with E-state index in [0.29, 0.717) is 16.0 Å². The molecule has 1 fully saturated rings. The molecular weight excluding hydrogens is 359 g/mol. The Morgan fingerprint density at radius 3 is 2.67 bits per heavy atom. The van der Waals surface area contributed by atoms with Crippen LogP contribution in [-0.2, 0) is 0 Å². The van der Waals surface area contributed by atoms with Crippen molar-refractivity contribution in [1.29, 1.82) is 0 Å². The molecule has 0 unspecified atom stereocenters. The number of halogens is 2. The van der Waals surface area contributed by atoms with E-state index in [4.69, 9.17) is 28.2 Å². The lowest BCUT2D eigenvalue weighted by Gasteiger charge is -2.13. The molecular formula is C19H16Cl2N2S. The quantitative estimate of drug-likeness (QED) is 0.501. The molecule has 2 heterocycles. The third-order valence-electron chi connectivity index (χ3n) is 4.60. The predicted molar refractivity (Wildman–Crippen MR) is 102 cm³/mol. The van der Waals surface area contributed by atoms with Crippen LogP contribution in [0.4, 0.5) is 0 Å². The lowest BCUT2D eigenvalue weighted by molar-refractivity contribution is 0.723. The van der Waals surface area contributed by atoms with Crippen LogP contribution in [0.25, 0.3) is 21.8 Å². The minimum absolute atomic E-state index is 0.553. The number of pyridine rings is 1. The Labute approximate surface area is 155 Å². The lowest BCUT2D eigenvalue weighted by Crippen LogP contribution is -1.96. The molecule has 2 nitrogen and oxygen atoms in total. The Hall–Kier alpha value is -1.42. The third-order valence-corrected chi connectivity index (χ3v) is 6.21. The molecule has 3 aromatic rings. The maximum Gasteiger partial charge on any atom is 0.125 e. The van der Waals surface area contributed by atoms with Gasteiger partial charge in [-0.1, -0.05) is 42.1 Å². The van der Waals surface area contributed by atoms with Gasteiger partial charge < -0.3 is 0 Å². The lowest BCUT2D eigenvalue weighted by atomic mass is 9.95. The van der Waals surface area contributed by atoms with Crippen molar-refractivity contribution in [3.63, 3.8) is 0 Å². The third kappa shape index (κ3) is 3.08. The van der Waals surface area contributed by atoms with Crippen LogP contribution < -0.4 is 0 Å². The number of hydrogen-bond donors (Lipinski definition) is 0. The summed E-state index contributed by atoms with van der Waals surface area (Å²) in [5, 5.41) is 4.20. The molecule has 0 aliphatic heterocycles. The van der Waals surface area contributed by atoms with Gasteiger partial charge in [-0.3, -0.25) is 4.98 Å². The summed E-state index contributed by atoms with van der Waals surface area (Å²) in [6.45, 7) is 0. The molecule has 1 aromatic carbocycles. The molecule has 0 bridgehead atoms. The van der Waals surface area contributed by atoms with E-state index in [1.165, 1.54) is 36.8 Å². The van der Waals surface area contributed by atoms with Gasteiger partial charge in [-0.05, 0) is 42.5 Å². The zero-order chi connectivity index (χ0) is 16.5. The number of thiazole rings is 1. The highest BCUT2D eigenvalue weighted by Gasteiger charge is 2.21. The molecule has 4 rings (SSSR count). The smallest absolute Gasteiger partial charge is 0.125 e. The van der Waals surface area contributed by atoms with E-state index < -0.39 is 0 Å². The van der Waals surface area contributed by atoms with E-state index >= 15 is 0 Å². The molecule has 0 atom stereocenters. The monoisotopic (exact) mass is 374 g/mol. The van der Waals surface area contributed by atoms with Gasteiger partial charge in [0, 0.05) is 28.9 Å². The average molecular weight is 375 g/mol. The van der Waals surface area contributed by atoms with Crippen LogP contribution in [0.2, 0.25) is 10.0 Å². The average Bonchev–Trinajstić information content (AvgIpc) is 3.29. The fourth-order valence-electron chi connectivity index (χ4n) is 3.36. The molecule has 0 saturated heterocycles. The SMILES string of the molecule is Clc1ccc(-c2csc(-c3cnccc3C3CCCC3)n2)cc1Cl. The standard InChI is InChI=1S/C19H16Cl2N2S/c20-16-6-5-13(9-17(16)21)18-11-24-19(23-18)15-10-22-8-7-14(15)12-3-1-2-4-12/h5-12H,1-4H2. The number of nitrogens with zero attached hydrogens (tertiary/aromatic N) is 2. The molecule has 1 saturated carbocycles. The molecule has 0 amide bonds. The van der Waals surface area contributed by atoms with Gasteiger partial charge in [-0.2, -0.15) is 0 Å². The van der Waals surface area contributed by atoms with E-state index in [9.17, 15) is 0 Å². The number of benzene rings is 1. The second-order valence-electron chi connectivity index (χ2n) is 6.11. The van der Waals surface area contributed by atoms with Crippen LogP contribution in [0, 0.1) is 0 Å². The summed E-state index contributed by atoms with van der Waals surface area (Å²) in [7, 11) is 0. The van der Waals surface area contributed by atoms with Gasteiger partial charge >= 0.3 is 0 Å². The molecule has 0 spiro atoms. The molecule has 24 heavy (non-hydrogen) atoms. The first-order valence-electron chi connectivity index (χ1n) is 8.07. The van der Waals surface area contributed by atoms with Gasteiger partial charge in [-0.15, -0.1) is 11.3 Å². The van der Waals surface area contributed by atoms with E-state index in [-0.39, 0.29) is 0 Å². The first-order valence-corrected chi connectivity index (χ1v) is 9.71.